The highest BCUT2D eigenvalue weighted by molar-refractivity contribution is 7.17. The molecule has 5 nitrogen and oxygen atoms in total. The van der Waals surface area contributed by atoms with E-state index in [0.717, 1.165) is 16.9 Å². The van der Waals surface area contributed by atoms with Gasteiger partial charge in [-0.15, -0.1) is 0 Å². The first-order valence-corrected chi connectivity index (χ1v) is 6.05. The Kier molecular flexibility index (Phi) is 3.69. The largest absolute Gasteiger partial charge is 0.347 e. The van der Waals surface area contributed by atoms with Gasteiger partial charge in [0.15, 0.2) is 0 Å². The number of thiophene rings is 1. The molecule has 1 aromatic carbocycles. The smallest absolute Gasteiger partial charge is 0.324 e. The van der Waals surface area contributed by atoms with Gasteiger partial charge in [-0.05, 0) is 11.6 Å². The van der Waals surface area contributed by atoms with Crippen LogP contribution in [0.15, 0.2) is 42.5 Å². The van der Waals surface area contributed by atoms with Crippen LogP contribution < -0.4 is 5.32 Å². The first kappa shape index (κ1) is 12.3. The molecular weight excluding hydrogens is 252 g/mol. The standard InChI is InChI=1S/C12H10N2O3S/c15-12(10-6-7-11(18-10)14(16)17)13-8-9-4-2-1-3-5-9/h1-7H,8H2,(H,13,15). The van der Waals surface area contributed by atoms with Crippen LogP contribution >= 0.6 is 11.3 Å². The maximum absolute atomic E-state index is 11.7. The highest BCUT2D eigenvalue weighted by Crippen LogP contribution is 2.23. The lowest BCUT2D eigenvalue weighted by Crippen LogP contribution is -2.21. The molecule has 6 heteroatoms. The van der Waals surface area contributed by atoms with Crippen LogP contribution in [0.2, 0.25) is 0 Å². The second-order valence-electron chi connectivity index (χ2n) is 3.56. The summed E-state index contributed by atoms with van der Waals surface area (Å²) in [7, 11) is 0. The minimum atomic E-state index is -0.501. The summed E-state index contributed by atoms with van der Waals surface area (Å²) in [5.74, 6) is -0.294. The maximum Gasteiger partial charge on any atom is 0.324 e. The molecule has 1 heterocycles. The third kappa shape index (κ3) is 2.92. The molecule has 1 aromatic heterocycles. The van der Waals surface area contributed by atoms with Gasteiger partial charge < -0.3 is 5.32 Å². The Morgan fingerprint density at radius 1 is 1.22 bits per heavy atom. The molecule has 0 atom stereocenters. The highest BCUT2D eigenvalue weighted by atomic mass is 32.1. The number of nitro groups is 1. The number of hydrogen-bond acceptors (Lipinski definition) is 4. The summed E-state index contributed by atoms with van der Waals surface area (Å²) in [4.78, 5) is 22.1. The monoisotopic (exact) mass is 262 g/mol. The van der Waals surface area contributed by atoms with Crippen molar-refractivity contribution in [3.63, 3.8) is 0 Å². The molecule has 0 unspecified atom stereocenters. The highest BCUT2D eigenvalue weighted by Gasteiger charge is 2.14. The SMILES string of the molecule is O=C(NCc1ccccc1)c1ccc([N+](=O)[O-])s1. The lowest BCUT2D eigenvalue weighted by Gasteiger charge is -2.02. The van der Waals surface area contributed by atoms with Gasteiger partial charge in [0.1, 0.15) is 0 Å². The summed E-state index contributed by atoms with van der Waals surface area (Å²) >= 11 is 0.873. The zero-order chi connectivity index (χ0) is 13.0. The van der Waals surface area contributed by atoms with Gasteiger partial charge in [0.25, 0.3) is 5.91 Å². The van der Waals surface area contributed by atoms with E-state index in [1.165, 1.54) is 12.1 Å². The second-order valence-corrected chi connectivity index (χ2v) is 4.63. The third-order valence-electron chi connectivity index (χ3n) is 2.29. The van der Waals surface area contributed by atoms with E-state index in [1.54, 1.807) is 0 Å². The van der Waals surface area contributed by atoms with Gasteiger partial charge in [-0.25, -0.2) is 0 Å². The molecule has 0 saturated carbocycles. The number of rotatable bonds is 4. The van der Waals surface area contributed by atoms with Crippen LogP contribution in [0.25, 0.3) is 0 Å². The van der Waals surface area contributed by atoms with Crippen molar-refractivity contribution in [3.8, 4) is 0 Å². The van der Waals surface area contributed by atoms with Crippen LogP contribution in [-0.2, 0) is 6.54 Å². The second kappa shape index (κ2) is 5.42. The van der Waals surface area contributed by atoms with E-state index in [-0.39, 0.29) is 10.9 Å². The summed E-state index contributed by atoms with van der Waals surface area (Å²) in [5, 5.41) is 13.2. The predicted molar refractivity (Wildman–Crippen MR) is 68.6 cm³/mol. The van der Waals surface area contributed by atoms with Crippen LogP contribution in [0.4, 0.5) is 5.00 Å². The Hall–Kier alpha value is -2.21. The van der Waals surface area contributed by atoms with Crippen molar-refractivity contribution in [2.24, 2.45) is 0 Å². The molecular formula is C12H10N2O3S. The first-order chi connectivity index (χ1) is 8.66. The van der Waals surface area contributed by atoms with E-state index in [4.69, 9.17) is 0 Å². The fourth-order valence-corrected chi connectivity index (χ4v) is 2.15. The molecule has 0 saturated heterocycles. The fraction of sp³-hybridized carbons (Fsp3) is 0.0833. The van der Waals surface area contributed by atoms with Crippen molar-refractivity contribution in [2.45, 2.75) is 6.54 Å². The van der Waals surface area contributed by atoms with Gasteiger partial charge in [-0.3, -0.25) is 14.9 Å². The topological polar surface area (TPSA) is 72.2 Å². The van der Waals surface area contributed by atoms with Crippen molar-refractivity contribution < 1.29 is 9.72 Å². The molecule has 0 aliphatic heterocycles. The van der Waals surface area contributed by atoms with Crippen LogP contribution in [0, 0.1) is 10.1 Å². The fourth-order valence-electron chi connectivity index (χ4n) is 1.41. The van der Waals surface area contributed by atoms with Gasteiger partial charge in [0, 0.05) is 12.6 Å². The van der Waals surface area contributed by atoms with Crippen molar-refractivity contribution in [3.05, 3.63) is 63.0 Å². The van der Waals surface area contributed by atoms with E-state index in [0.29, 0.717) is 11.4 Å². The molecule has 2 rings (SSSR count). The van der Waals surface area contributed by atoms with Crippen molar-refractivity contribution >= 4 is 22.2 Å². The molecule has 0 aliphatic rings. The van der Waals surface area contributed by atoms with Crippen LogP contribution in [0.3, 0.4) is 0 Å². The van der Waals surface area contributed by atoms with E-state index in [1.807, 2.05) is 30.3 Å². The summed E-state index contributed by atoms with van der Waals surface area (Å²) in [6, 6.07) is 12.3. The first-order valence-electron chi connectivity index (χ1n) is 5.23. The summed E-state index contributed by atoms with van der Waals surface area (Å²) in [6.07, 6.45) is 0. The average molecular weight is 262 g/mol. The van der Waals surface area contributed by atoms with E-state index in [2.05, 4.69) is 5.32 Å². The van der Waals surface area contributed by atoms with Crippen molar-refractivity contribution in [2.75, 3.05) is 0 Å². The van der Waals surface area contributed by atoms with Gasteiger partial charge >= 0.3 is 5.00 Å². The summed E-state index contributed by atoms with van der Waals surface area (Å²) in [5.41, 5.74) is 0.983. The summed E-state index contributed by atoms with van der Waals surface area (Å²) < 4.78 is 0. The Morgan fingerprint density at radius 3 is 2.56 bits per heavy atom. The molecule has 0 spiro atoms. The molecule has 92 valence electrons. The molecule has 0 aliphatic carbocycles. The third-order valence-corrected chi connectivity index (χ3v) is 3.33. The molecule has 0 radical (unpaired) electrons. The van der Waals surface area contributed by atoms with Crippen LogP contribution in [-0.4, -0.2) is 10.8 Å². The minimum absolute atomic E-state index is 0.0279. The number of nitrogens with one attached hydrogen (secondary N) is 1. The predicted octanol–water partition coefficient (Wildman–Crippen LogP) is 2.59. The number of benzene rings is 1. The number of carbonyl (C=O) groups excluding carboxylic acids is 1. The molecule has 0 bridgehead atoms. The Labute approximate surface area is 107 Å². The van der Waals surface area contributed by atoms with Crippen molar-refractivity contribution in [1.29, 1.82) is 0 Å². The minimum Gasteiger partial charge on any atom is -0.347 e. The Balaban J connectivity index is 1.97. The molecule has 1 N–H and O–H groups in total. The van der Waals surface area contributed by atoms with Crippen LogP contribution in [0.1, 0.15) is 15.2 Å². The van der Waals surface area contributed by atoms with Crippen LogP contribution in [0.5, 0.6) is 0 Å². The number of carbonyl (C=O) groups is 1. The lowest BCUT2D eigenvalue weighted by atomic mass is 10.2. The zero-order valence-corrected chi connectivity index (χ0v) is 10.1. The molecule has 1 amide bonds. The molecule has 2 aromatic rings. The van der Waals surface area contributed by atoms with E-state index < -0.39 is 4.92 Å². The Morgan fingerprint density at radius 2 is 1.94 bits per heavy atom. The number of hydrogen-bond donors (Lipinski definition) is 1. The zero-order valence-electron chi connectivity index (χ0n) is 9.33. The van der Waals surface area contributed by atoms with Gasteiger partial charge in [-0.1, -0.05) is 41.7 Å². The normalized spacial score (nSPS) is 10.0. The number of nitrogens with zero attached hydrogens (tertiary/aromatic N) is 1. The lowest BCUT2D eigenvalue weighted by molar-refractivity contribution is -0.380. The quantitative estimate of drug-likeness (QED) is 0.680. The summed E-state index contributed by atoms with van der Waals surface area (Å²) in [6.45, 7) is 0.408. The number of amides is 1. The molecule has 18 heavy (non-hydrogen) atoms. The van der Waals surface area contributed by atoms with Gasteiger partial charge in [0.05, 0.1) is 9.80 Å². The maximum atomic E-state index is 11.7. The van der Waals surface area contributed by atoms with Gasteiger partial charge in [-0.2, -0.15) is 0 Å². The Bertz CT molecular complexity index is 566. The van der Waals surface area contributed by atoms with E-state index >= 15 is 0 Å². The van der Waals surface area contributed by atoms with Crippen molar-refractivity contribution in [1.82, 2.24) is 5.32 Å². The average Bonchev–Trinajstić information content (AvgIpc) is 2.87. The van der Waals surface area contributed by atoms with Gasteiger partial charge in [0.2, 0.25) is 0 Å². The van der Waals surface area contributed by atoms with E-state index in [9.17, 15) is 14.9 Å². The molecule has 0 fully saturated rings.